The van der Waals surface area contributed by atoms with Crippen molar-refractivity contribution in [1.29, 1.82) is 0 Å². The van der Waals surface area contributed by atoms with Crippen LogP contribution in [0.4, 0.5) is 33.2 Å². The number of ether oxygens (including phenoxy) is 2. The second-order valence-corrected chi connectivity index (χ2v) is 10.4. The van der Waals surface area contributed by atoms with E-state index in [1.165, 1.54) is 22.8 Å². The van der Waals surface area contributed by atoms with Crippen LogP contribution in [0.3, 0.4) is 0 Å². The molecule has 192 valence electrons. The van der Waals surface area contributed by atoms with E-state index >= 15 is 0 Å². The van der Waals surface area contributed by atoms with Gasteiger partial charge in [-0.05, 0) is 46.8 Å². The van der Waals surface area contributed by atoms with Crippen molar-refractivity contribution in [3.8, 4) is 5.75 Å². The van der Waals surface area contributed by atoms with Gasteiger partial charge in [-0.3, -0.25) is 4.79 Å². The number of rotatable bonds is 3. The predicted octanol–water partition coefficient (Wildman–Crippen LogP) is 4.40. The Hall–Kier alpha value is -2.90. The van der Waals surface area contributed by atoms with Crippen molar-refractivity contribution in [1.82, 2.24) is 9.31 Å². The lowest BCUT2D eigenvalue weighted by molar-refractivity contribution is -0.137. The van der Waals surface area contributed by atoms with Crippen LogP contribution in [0.25, 0.3) is 0 Å². The molecule has 1 unspecified atom stereocenters. The molecule has 1 N–H and O–H groups in total. The van der Waals surface area contributed by atoms with Gasteiger partial charge in [0.15, 0.2) is 18.2 Å². The molecule has 0 aliphatic carbocycles. The van der Waals surface area contributed by atoms with E-state index in [4.69, 9.17) is 9.47 Å². The molecule has 1 saturated heterocycles. The first-order chi connectivity index (χ1) is 16.1. The van der Waals surface area contributed by atoms with E-state index in [1.54, 1.807) is 27.7 Å². The van der Waals surface area contributed by atoms with Crippen LogP contribution in [0.15, 0.2) is 17.2 Å². The molecule has 1 aromatic carbocycles. The van der Waals surface area contributed by atoms with Crippen molar-refractivity contribution in [2.75, 3.05) is 29.9 Å². The zero-order valence-electron chi connectivity index (χ0n) is 19.7. The maximum absolute atomic E-state index is 14.0. The van der Waals surface area contributed by atoms with Gasteiger partial charge in [0.1, 0.15) is 24.0 Å². The second kappa shape index (κ2) is 8.35. The lowest BCUT2D eigenvalue weighted by atomic mass is 9.91. The van der Waals surface area contributed by atoms with Crippen LogP contribution in [0.2, 0.25) is 0 Å². The minimum absolute atomic E-state index is 0.0722. The Morgan fingerprint density at radius 3 is 2.51 bits per heavy atom. The minimum Gasteiger partial charge on any atom is -0.483 e. The zero-order valence-corrected chi connectivity index (χ0v) is 20.5. The van der Waals surface area contributed by atoms with Crippen molar-refractivity contribution < 1.29 is 36.1 Å². The molecule has 2 amide bonds. The number of anilines is 2. The molecule has 3 aliphatic heterocycles. The van der Waals surface area contributed by atoms with Gasteiger partial charge in [0.25, 0.3) is 5.91 Å². The Kier molecular flexibility index (Phi) is 6.01. The average Bonchev–Trinajstić information content (AvgIpc) is 2.71. The van der Waals surface area contributed by atoms with E-state index < -0.39 is 40.9 Å². The molecule has 14 heteroatoms. The number of hydrogen-bond acceptors (Lipinski definition) is 8. The summed E-state index contributed by atoms with van der Waals surface area (Å²) < 4.78 is 66.3. The Balaban J connectivity index is 1.65. The van der Waals surface area contributed by atoms with Crippen molar-refractivity contribution in [3.63, 3.8) is 0 Å². The molecular weight excluding hydrogens is 494 g/mol. The fraction of sp³-hybridized carbons (Fsp3) is 0.571. The van der Waals surface area contributed by atoms with Crippen molar-refractivity contribution in [2.45, 2.75) is 58.0 Å². The Labute approximate surface area is 203 Å². The smallest absolute Gasteiger partial charge is 0.418 e. The molecule has 0 radical (unpaired) electrons. The van der Waals surface area contributed by atoms with E-state index in [-0.39, 0.29) is 55.0 Å². The normalized spacial score (nSPS) is 21.4. The fourth-order valence-electron chi connectivity index (χ4n) is 4.20. The number of nitrogens with one attached hydrogen (secondary N) is 1. The molecule has 0 spiro atoms. The van der Waals surface area contributed by atoms with Crippen LogP contribution in [0, 0.1) is 0 Å². The highest BCUT2D eigenvalue weighted by Gasteiger charge is 2.46. The Bertz CT molecular complexity index is 1080. The number of alkyl halides is 3. The van der Waals surface area contributed by atoms with Gasteiger partial charge >= 0.3 is 12.3 Å². The molecule has 3 heterocycles. The molecule has 3 aliphatic rings. The maximum Gasteiger partial charge on any atom is 0.418 e. The summed E-state index contributed by atoms with van der Waals surface area (Å²) in [5, 5.41) is 6.82. The predicted molar refractivity (Wildman–Crippen MR) is 122 cm³/mol. The van der Waals surface area contributed by atoms with E-state index in [9.17, 15) is 26.6 Å². The first-order valence-corrected chi connectivity index (χ1v) is 11.4. The molecule has 0 saturated carbocycles. The fourth-order valence-corrected chi connectivity index (χ4v) is 4.55. The topological polar surface area (TPSA) is 86.7 Å². The minimum atomic E-state index is -4.70. The molecule has 1 atom stereocenters. The first kappa shape index (κ1) is 25.2. The van der Waals surface area contributed by atoms with E-state index in [0.29, 0.717) is 4.41 Å². The van der Waals surface area contributed by atoms with Crippen molar-refractivity contribution in [2.24, 2.45) is 5.10 Å². The van der Waals surface area contributed by atoms with Gasteiger partial charge in [-0.25, -0.2) is 4.79 Å². The standard InChI is InChI=1S/C21H25F4N5O4S/c1-11-17(31)30(35-25)27-16-8-33-15-6-12(21(22,23)24)13(7-14(15)29(11)16)26-20(5)9-28(10-20)18(32)34-19(2,3)4/h6-7,11,26H,8-10H2,1-5H3. The van der Waals surface area contributed by atoms with E-state index in [2.05, 4.69) is 10.4 Å². The molecule has 0 aromatic heterocycles. The highest BCUT2D eigenvalue weighted by molar-refractivity contribution is 7.92. The number of amides is 2. The molecule has 9 nitrogen and oxygen atoms in total. The van der Waals surface area contributed by atoms with Crippen LogP contribution < -0.4 is 15.0 Å². The van der Waals surface area contributed by atoms with Crippen LogP contribution in [-0.4, -0.2) is 64.0 Å². The molecule has 4 rings (SSSR count). The summed E-state index contributed by atoms with van der Waals surface area (Å²) in [6.45, 7) is 8.40. The van der Waals surface area contributed by atoms with Gasteiger partial charge < -0.3 is 24.6 Å². The number of hydrazone groups is 1. The van der Waals surface area contributed by atoms with Gasteiger partial charge in [0.05, 0.1) is 16.8 Å². The SMILES string of the molecule is CC1C(=O)N(SF)N=C2COc3cc(C(F)(F)F)c(NC4(C)CN(C(=O)OC(C)(C)C)C4)cc3N21. The van der Waals surface area contributed by atoms with Gasteiger partial charge in [0.2, 0.25) is 0 Å². The second-order valence-electron chi connectivity index (χ2n) is 9.92. The maximum atomic E-state index is 14.0. The lowest BCUT2D eigenvalue weighted by Gasteiger charge is -2.49. The summed E-state index contributed by atoms with van der Waals surface area (Å²) in [5.41, 5.74) is -2.55. The molecule has 35 heavy (non-hydrogen) atoms. The molecular formula is C21H25F4N5O4S. The first-order valence-electron chi connectivity index (χ1n) is 10.8. The highest BCUT2D eigenvalue weighted by atomic mass is 32.2. The summed E-state index contributed by atoms with van der Waals surface area (Å²) >= 11 is -0.362. The number of hydrogen-bond donors (Lipinski definition) is 1. The number of fused-ring (bicyclic) bond motifs is 3. The summed E-state index contributed by atoms with van der Waals surface area (Å²) in [6.07, 6.45) is -5.26. The monoisotopic (exact) mass is 519 g/mol. The zero-order chi connectivity index (χ0) is 25.9. The van der Waals surface area contributed by atoms with Crippen LogP contribution >= 0.6 is 12.3 Å². The van der Waals surface area contributed by atoms with E-state index in [0.717, 1.165) is 6.07 Å². The van der Waals surface area contributed by atoms with Crippen LogP contribution in [0.1, 0.15) is 40.2 Å². The van der Waals surface area contributed by atoms with Gasteiger partial charge in [-0.15, -0.1) is 13.4 Å². The third kappa shape index (κ3) is 4.80. The van der Waals surface area contributed by atoms with E-state index in [1.807, 2.05) is 0 Å². The highest BCUT2D eigenvalue weighted by Crippen LogP contribution is 2.46. The molecule has 1 fully saturated rings. The number of carbonyl (C=O) groups excluding carboxylic acids is 2. The summed E-state index contributed by atoms with van der Waals surface area (Å²) in [6, 6.07) is 1.20. The number of likely N-dealkylation sites (tertiary alicyclic amines) is 1. The van der Waals surface area contributed by atoms with Crippen molar-refractivity contribution in [3.05, 3.63) is 17.7 Å². The summed E-state index contributed by atoms with van der Waals surface area (Å²) in [4.78, 5) is 27.6. The largest absolute Gasteiger partial charge is 0.483 e. The lowest BCUT2D eigenvalue weighted by Crippen LogP contribution is -2.66. The third-order valence-corrected chi connectivity index (χ3v) is 6.06. The van der Waals surface area contributed by atoms with Gasteiger partial charge in [0, 0.05) is 18.8 Å². The number of benzene rings is 1. The number of carbonyl (C=O) groups is 2. The van der Waals surface area contributed by atoms with Gasteiger partial charge in [-0.1, -0.05) is 0 Å². The Morgan fingerprint density at radius 2 is 1.94 bits per heavy atom. The number of amidine groups is 1. The summed E-state index contributed by atoms with van der Waals surface area (Å²) in [5.74, 6) is -0.550. The van der Waals surface area contributed by atoms with Gasteiger partial charge in [-0.2, -0.15) is 13.2 Å². The summed E-state index contributed by atoms with van der Waals surface area (Å²) in [7, 11) is 0. The number of nitrogens with zero attached hydrogens (tertiary/aromatic N) is 4. The molecule has 1 aromatic rings. The van der Waals surface area contributed by atoms with Crippen LogP contribution in [-0.2, 0) is 15.7 Å². The average molecular weight is 520 g/mol. The third-order valence-electron chi connectivity index (χ3n) is 5.67. The Morgan fingerprint density at radius 1 is 1.29 bits per heavy atom. The van der Waals surface area contributed by atoms with Crippen molar-refractivity contribution >= 4 is 41.5 Å². The molecule has 0 bridgehead atoms. The number of halogens is 4. The van der Waals surface area contributed by atoms with Crippen LogP contribution in [0.5, 0.6) is 5.75 Å². The quantitative estimate of drug-likeness (QED) is 0.468.